The maximum absolute atomic E-state index is 13.1. The molecular weight excluding hydrogens is 450 g/mol. The molecule has 0 saturated carbocycles. The van der Waals surface area contributed by atoms with Crippen molar-refractivity contribution in [2.45, 2.75) is 86.0 Å². The highest BCUT2D eigenvalue weighted by atomic mass is 32.1. The third-order valence-electron chi connectivity index (χ3n) is 6.67. The summed E-state index contributed by atoms with van der Waals surface area (Å²) < 4.78 is 5.78. The fraction of sp³-hybridized carbons (Fsp3) is 0.593. The summed E-state index contributed by atoms with van der Waals surface area (Å²) in [6.07, 6.45) is 6.09. The number of hydrogen-bond acceptors (Lipinski definition) is 7. The Morgan fingerprint density at radius 2 is 1.88 bits per heavy atom. The zero-order valence-corrected chi connectivity index (χ0v) is 22.2. The molecule has 0 amide bonds. The molecule has 0 aromatic carbocycles. The zero-order chi connectivity index (χ0) is 25.6. The average molecular weight is 490 g/mol. The van der Waals surface area contributed by atoms with E-state index in [2.05, 4.69) is 4.98 Å². The van der Waals surface area contributed by atoms with Gasteiger partial charge in [0.1, 0.15) is 11.9 Å². The van der Waals surface area contributed by atoms with Crippen LogP contribution in [-0.2, 0) is 14.3 Å². The highest BCUT2D eigenvalue weighted by molar-refractivity contribution is 7.09. The van der Waals surface area contributed by atoms with Crippen LogP contribution in [0, 0.1) is 24.2 Å². The number of aliphatic hydroxyl groups excluding tert-OH is 2. The van der Waals surface area contributed by atoms with Crippen molar-refractivity contribution in [1.82, 2.24) is 4.98 Å². The Kier molecular flexibility index (Phi) is 9.97. The van der Waals surface area contributed by atoms with E-state index in [1.807, 2.05) is 57.4 Å². The molecule has 0 radical (unpaired) electrons. The fourth-order valence-electron chi connectivity index (χ4n) is 4.09. The van der Waals surface area contributed by atoms with Gasteiger partial charge in [0.05, 0.1) is 34.7 Å². The number of aliphatic hydroxyl groups is 2. The minimum absolute atomic E-state index is 0.131. The minimum Gasteiger partial charge on any atom is -0.457 e. The van der Waals surface area contributed by atoms with E-state index < -0.39 is 35.6 Å². The van der Waals surface area contributed by atoms with Crippen molar-refractivity contribution in [1.29, 1.82) is 0 Å². The molecule has 5 atom stereocenters. The largest absolute Gasteiger partial charge is 0.457 e. The number of ether oxygens (including phenoxy) is 1. The molecule has 188 valence electrons. The van der Waals surface area contributed by atoms with Crippen molar-refractivity contribution in [2.24, 2.45) is 17.3 Å². The highest BCUT2D eigenvalue weighted by Gasteiger charge is 2.42. The van der Waals surface area contributed by atoms with Crippen LogP contribution < -0.4 is 0 Å². The van der Waals surface area contributed by atoms with E-state index in [0.717, 1.165) is 21.8 Å². The third-order valence-corrected chi connectivity index (χ3v) is 7.47. The summed E-state index contributed by atoms with van der Waals surface area (Å²) in [4.78, 5) is 30.4. The lowest BCUT2D eigenvalue weighted by atomic mass is 9.73. The van der Waals surface area contributed by atoms with Gasteiger partial charge in [-0.1, -0.05) is 51.5 Å². The van der Waals surface area contributed by atoms with Crippen molar-refractivity contribution in [3.8, 4) is 0 Å². The van der Waals surface area contributed by atoms with Gasteiger partial charge in [-0.15, -0.1) is 11.3 Å². The molecule has 6 nitrogen and oxygen atoms in total. The Bertz CT molecular complexity index is 958. The van der Waals surface area contributed by atoms with Crippen LogP contribution in [0.1, 0.15) is 71.5 Å². The van der Waals surface area contributed by atoms with E-state index >= 15 is 0 Å². The number of rotatable bonds is 2. The van der Waals surface area contributed by atoms with E-state index in [1.165, 1.54) is 0 Å². The number of allylic oxidation sites excluding steroid dienone is 3. The first-order valence-electron chi connectivity index (χ1n) is 11.9. The lowest BCUT2D eigenvalue weighted by molar-refractivity contribution is -0.154. The SMILES string of the molecule is CC1=C\C[C@@H](/C(C)=C/c2csc(C)n2)OC(=O)C[C@@H](O)C(C)(C)C(=O)[C@@H](C)[C@H](O)[C@H](C)C/C=C\1. The number of Topliss-reactive ketones (excluding diaryl/α,β-unsaturated/α-hetero) is 1. The number of nitrogens with zero attached hydrogens (tertiary/aromatic N) is 1. The zero-order valence-electron chi connectivity index (χ0n) is 21.4. The maximum Gasteiger partial charge on any atom is 0.309 e. The van der Waals surface area contributed by atoms with Crippen molar-refractivity contribution in [3.05, 3.63) is 45.5 Å². The number of hydrogen-bond donors (Lipinski definition) is 2. The molecule has 0 aliphatic carbocycles. The Morgan fingerprint density at radius 1 is 1.21 bits per heavy atom. The fourth-order valence-corrected chi connectivity index (χ4v) is 4.66. The van der Waals surface area contributed by atoms with Crippen molar-refractivity contribution >= 4 is 29.2 Å². The van der Waals surface area contributed by atoms with Crippen LogP contribution in [0.4, 0.5) is 0 Å². The molecule has 0 unspecified atom stereocenters. The molecule has 2 N–H and O–H groups in total. The van der Waals surface area contributed by atoms with Gasteiger partial charge in [0.25, 0.3) is 0 Å². The number of carbonyl (C=O) groups is 2. The van der Waals surface area contributed by atoms with E-state index in [-0.39, 0.29) is 18.1 Å². The summed E-state index contributed by atoms with van der Waals surface area (Å²) in [5, 5.41) is 24.5. The van der Waals surface area contributed by atoms with Gasteiger partial charge >= 0.3 is 5.97 Å². The van der Waals surface area contributed by atoms with Crippen LogP contribution in [0.25, 0.3) is 6.08 Å². The van der Waals surface area contributed by atoms with Crippen molar-refractivity contribution in [3.63, 3.8) is 0 Å². The second kappa shape index (κ2) is 12.0. The molecule has 1 aromatic rings. The van der Waals surface area contributed by atoms with Gasteiger partial charge in [-0.2, -0.15) is 0 Å². The first-order valence-corrected chi connectivity index (χ1v) is 12.7. The number of aryl methyl sites for hydroxylation is 1. The second-order valence-electron chi connectivity index (χ2n) is 10.0. The minimum atomic E-state index is -1.23. The van der Waals surface area contributed by atoms with Gasteiger partial charge < -0.3 is 14.9 Å². The normalized spacial score (nSPS) is 32.6. The first-order chi connectivity index (χ1) is 15.8. The number of cyclic esters (lactones) is 1. The molecule has 0 spiro atoms. The molecule has 0 saturated heterocycles. The summed E-state index contributed by atoms with van der Waals surface area (Å²) >= 11 is 1.55. The summed E-state index contributed by atoms with van der Waals surface area (Å²) in [6.45, 7) is 12.6. The van der Waals surface area contributed by atoms with E-state index in [9.17, 15) is 19.8 Å². The Balaban J connectivity index is 2.38. The molecule has 2 rings (SSSR count). The highest BCUT2D eigenvalue weighted by Crippen LogP contribution is 2.32. The lowest BCUT2D eigenvalue weighted by Gasteiger charge is -2.34. The lowest BCUT2D eigenvalue weighted by Crippen LogP contribution is -2.45. The summed E-state index contributed by atoms with van der Waals surface area (Å²) in [6, 6.07) is 0. The summed E-state index contributed by atoms with van der Waals surface area (Å²) in [5.74, 6) is -1.65. The molecule has 1 aromatic heterocycles. The van der Waals surface area contributed by atoms with Crippen molar-refractivity contribution < 1.29 is 24.5 Å². The Hall–Kier alpha value is -2.09. The van der Waals surface area contributed by atoms with E-state index in [1.54, 1.807) is 32.1 Å². The predicted octanol–water partition coefficient (Wildman–Crippen LogP) is 5.04. The monoisotopic (exact) mass is 489 g/mol. The second-order valence-corrected chi connectivity index (χ2v) is 11.1. The standard InChI is InChI=1S/C27H39NO5S/c1-16-9-8-10-17(2)25(31)19(4)26(32)27(6,7)23(29)14-24(30)33-22(12-11-16)18(3)13-21-15-34-20(5)28-21/h8-9,11,13,15,17,19,22-23,25,29,31H,10,12,14H2,1-7H3/b9-8-,16-11+,18-13+/t17-,19+,22+,23-,25-/m1/s1. The summed E-state index contributed by atoms with van der Waals surface area (Å²) in [7, 11) is 0. The van der Waals surface area contributed by atoms with E-state index in [4.69, 9.17) is 4.74 Å². The Morgan fingerprint density at radius 3 is 2.50 bits per heavy atom. The molecule has 0 bridgehead atoms. The molecule has 1 aliphatic rings. The quantitative estimate of drug-likeness (QED) is 0.565. The summed E-state index contributed by atoms with van der Waals surface area (Å²) in [5.41, 5.74) is 1.47. The number of esters is 1. The predicted molar refractivity (Wildman–Crippen MR) is 136 cm³/mol. The van der Waals surface area contributed by atoms with Gasteiger partial charge in [-0.25, -0.2) is 4.98 Å². The molecule has 34 heavy (non-hydrogen) atoms. The Labute approximate surface area is 207 Å². The van der Waals surface area contributed by atoms with Crippen LogP contribution >= 0.6 is 11.3 Å². The molecular formula is C27H39NO5S. The molecule has 1 aliphatic heterocycles. The smallest absolute Gasteiger partial charge is 0.309 e. The third kappa shape index (κ3) is 7.45. The van der Waals surface area contributed by atoms with Crippen LogP contribution in [0.5, 0.6) is 0 Å². The van der Waals surface area contributed by atoms with E-state index in [0.29, 0.717) is 12.8 Å². The van der Waals surface area contributed by atoms with Crippen molar-refractivity contribution in [2.75, 3.05) is 0 Å². The van der Waals surface area contributed by atoms with Gasteiger partial charge in [-0.3, -0.25) is 9.59 Å². The van der Waals surface area contributed by atoms with Gasteiger partial charge in [0, 0.05) is 17.7 Å². The average Bonchev–Trinajstić information content (AvgIpc) is 3.18. The maximum atomic E-state index is 13.1. The van der Waals surface area contributed by atoms with Gasteiger partial charge in [0.15, 0.2) is 0 Å². The van der Waals surface area contributed by atoms with Gasteiger partial charge in [0.2, 0.25) is 0 Å². The number of carbonyl (C=O) groups excluding carboxylic acids is 2. The van der Waals surface area contributed by atoms with Gasteiger partial charge in [-0.05, 0) is 44.8 Å². The van der Waals surface area contributed by atoms with Crippen LogP contribution in [-0.4, -0.2) is 45.3 Å². The van der Waals surface area contributed by atoms with Crippen LogP contribution in [0.2, 0.25) is 0 Å². The number of thiazole rings is 1. The molecule has 2 heterocycles. The van der Waals surface area contributed by atoms with Crippen LogP contribution in [0.15, 0.2) is 34.8 Å². The van der Waals surface area contributed by atoms with Crippen LogP contribution in [0.3, 0.4) is 0 Å². The molecule has 0 fully saturated rings. The first kappa shape index (κ1) is 28.1. The topological polar surface area (TPSA) is 96.7 Å². The molecule has 7 heteroatoms. The number of ketones is 1. The number of aromatic nitrogens is 1.